The van der Waals surface area contributed by atoms with Gasteiger partial charge in [0, 0.05) is 30.9 Å². The largest absolute Gasteiger partial charge is 0.310 e. The minimum atomic E-state index is 0.426. The summed E-state index contributed by atoms with van der Waals surface area (Å²) in [5, 5.41) is 7.40. The van der Waals surface area contributed by atoms with Crippen LogP contribution in [-0.4, -0.2) is 23.6 Å². The molecule has 3 nitrogen and oxygen atoms in total. The molecule has 0 fully saturated rings. The van der Waals surface area contributed by atoms with Crippen LogP contribution in [0.2, 0.25) is 0 Å². The van der Waals surface area contributed by atoms with Gasteiger partial charge in [-0.15, -0.1) is 0 Å². The average molecular weight is 275 g/mol. The van der Waals surface area contributed by atoms with Gasteiger partial charge in [0.1, 0.15) is 0 Å². The number of nitrogens with zero attached hydrogens (tertiary/aromatic N) is 1. The van der Waals surface area contributed by atoms with Gasteiger partial charge in [-0.2, -0.15) is 0 Å². The van der Waals surface area contributed by atoms with E-state index < -0.39 is 0 Å². The van der Waals surface area contributed by atoms with Crippen LogP contribution in [0.3, 0.4) is 0 Å². The zero-order valence-corrected chi connectivity index (χ0v) is 13.3. The Morgan fingerprint density at radius 3 is 2.80 bits per heavy atom. The molecule has 0 aromatic carbocycles. The zero-order chi connectivity index (χ0) is 14.5. The standard InChI is InChI=1S/C17H29N3/c1-12(2)16(20-13(3)4)11-19-15-9-5-7-14-8-6-10-18-17(14)15/h6,8,10,12-13,15-16,19-20H,5,7,9,11H2,1-4H3. The summed E-state index contributed by atoms with van der Waals surface area (Å²) in [7, 11) is 0. The fraction of sp³-hybridized carbons (Fsp3) is 0.706. The van der Waals surface area contributed by atoms with Gasteiger partial charge in [0.25, 0.3) is 0 Å². The molecule has 112 valence electrons. The Bertz CT molecular complexity index is 414. The van der Waals surface area contributed by atoms with Gasteiger partial charge < -0.3 is 10.6 Å². The highest BCUT2D eigenvalue weighted by Gasteiger charge is 2.22. The summed E-state index contributed by atoms with van der Waals surface area (Å²) in [5.41, 5.74) is 2.69. The molecule has 1 heterocycles. The summed E-state index contributed by atoms with van der Waals surface area (Å²) >= 11 is 0. The van der Waals surface area contributed by atoms with E-state index in [9.17, 15) is 0 Å². The maximum atomic E-state index is 4.60. The molecule has 2 unspecified atom stereocenters. The summed E-state index contributed by atoms with van der Waals surface area (Å²) in [4.78, 5) is 4.60. The van der Waals surface area contributed by atoms with Crippen LogP contribution in [0.15, 0.2) is 18.3 Å². The lowest BCUT2D eigenvalue weighted by Gasteiger charge is -2.30. The molecule has 0 aliphatic heterocycles. The lowest BCUT2D eigenvalue weighted by Crippen LogP contribution is -2.46. The Labute approximate surface area is 123 Å². The first-order valence-corrected chi connectivity index (χ1v) is 8.01. The lowest BCUT2D eigenvalue weighted by atomic mass is 9.91. The van der Waals surface area contributed by atoms with Gasteiger partial charge in [0.15, 0.2) is 0 Å². The molecule has 20 heavy (non-hydrogen) atoms. The monoisotopic (exact) mass is 275 g/mol. The molecule has 1 aliphatic carbocycles. The molecule has 1 aromatic rings. The van der Waals surface area contributed by atoms with E-state index in [0.717, 1.165) is 6.54 Å². The first-order valence-electron chi connectivity index (χ1n) is 8.01. The molecular weight excluding hydrogens is 246 g/mol. The Kier molecular flexibility index (Phi) is 5.55. The number of hydrogen-bond acceptors (Lipinski definition) is 3. The highest BCUT2D eigenvalue weighted by molar-refractivity contribution is 5.25. The second-order valence-corrected chi connectivity index (χ2v) is 6.57. The van der Waals surface area contributed by atoms with Crippen LogP contribution in [-0.2, 0) is 6.42 Å². The van der Waals surface area contributed by atoms with E-state index in [1.54, 1.807) is 0 Å². The molecule has 1 aromatic heterocycles. The fourth-order valence-electron chi connectivity index (χ4n) is 2.99. The molecule has 3 heteroatoms. The topological polar surface area (TPSA) is 37.0 Å². The third-order valence-corrected chi connectivity index (χ3v) is 4.13. The first kappa shape index (κ1) is 15.5. The molecule has 0 spiro atoms. The molecule has 0 bridgehead atoms. The summed E-state index contributed by atoms with van der Waals surface area (Å²) in [6, 6.07) is 5.75. The van der Waals surface area contributed by atoms with Gasteiger partial charge in [0.2, 0.25) is 0 Å². The molecule has 0 amide bonds. The number of rotatable bonds is 6. The maximum Gasteiger partial charge on any atom is 0.0605 e. The van der Waals surface area contributed by atoms with Crippen molar-refractivity contribution < 1.29 is 0 Å². The van der Waals surface area contributed by atoms with Gasteiger partial charge >= 0.3 is 0 Å². The Balaban J connectivity index is 1.97. The molecule has 2 N–H and O–H groups in total. The van der Waals surface area contributed by atoms with Crippen LogP contribution < -0.4 is 10.6 Å². The molecule has 0 saturated carbocycles. The predicted octanol–water partition coefficient (Wildman–Crippen LogP) is 3.07. The first-order chi connectivity index (χ1) is 9.58. The third-order valence-electron chi connectivity index (χ3n) is 4.13. The summed E-state index contributed by atoms with van der Waals surface area (Å²) in [5.74, 6) is 0.636. The van der Waals surface area contributed by atoms with Crippen molar-refractivity contribution in [2.24, 2.45) is 5.92 Å². The summed E-state index contributed by atoms with van der Waals surface area (Å²) in [6.45, 7) is 10.0. The van der Waals surface area contributed by atoms with Crippen molar-refractivity contribution in [2.75, 3.05) is 6.54 Å². The van der Waals surface area contributed by atoms with Gasteiger partial charge in [-0.25, -0.2) is 0 Å². The zero-order valence-electron chi connectivity index (χ0n) is 13.3. The minimum absolute atomic E-state index is 0.426. The molecule has 0 radical (unpaired) electrons. The van der Waals surface area contributed by atoms with Gasteiger partial charge in [-0.3, -0.25) is 4.98 Å². The Morgan fingerprint density at radius 1 is 1.30 bits per heavy atom. The average Bonchev–Trinajstić information content (AvgIpc) is 2.42. The van der Waals surface area contributed by atoms with Gasteiger partial charge in [0.05, 0.1) is 5.69 Å². The molecule has 1 aliphatic rings. The van der Waals surface area contributed by atoms with E-state index >= 15 is 0 Å². The number of aromatic nitrogens is 1. The highest BCUT2D eigenvalue weighted by atomic mass is 15.0. The lowest BCUT2D eigenvalue weighted by molar-refractivity contribution is 0.328. The number of nitrogens with one attached hydrogen (secondary N) is 2. The van der Waals surface area contributed by atoms with Gasteiger partial charge in [-0.1, -0.05) is 33.8 Å². The SMILES string of the molecule is CC(C)NC(CNC1CCCc2cccnc21)C(C)C. The van der Waals surface area contributed by atoms with Crippen LogP contribution in [0.25, 0.3) is 0 Å². The van der Waals surface area contributed by atoms with Crippen molar-refractivity contribution in [3.8, 4) is 0 Å². The van der Waals surface area contributed by atoms with E-state index in [-0.39, 0.29) is 0 Å². The maximum absolute atomic E-state index is 4.60. The third kappa shape index (κ3) is 4.03. The fourth-order valence-corrected chi connectivity index (χ4v) is 2.99. The minimum Gasteiger partial charge on any atom is -0.310 e. The van der Waals surface area contributed by atoms with E-state index in [1.807, 2.05) is 6.20 Å². The highest BCUT2D eigenvalue weighted by Crippen LogP contribution is 2.27. The van der Waals surface area contributed by atoms with E-state index in [1.165, 1.54) is 30.5 Å². The van der Waals surface area contributed by atoms with Crippen LogP contribution in [0, 0.1) is 5.92 Å². The molecule has 2 rings (SSSR count). The van der Waals surface area contributed by atoms with E-state index in [0.29, 0.717) is 24.0 Å². The second-order valence-electron chi connectivity index (χ2n) is 6.57. The second kappa shape index (κ2) is 7.19. The Hall–Kier alpha value is -0.930. The van der Waals surface area contributed by atoms with Crippen LogP contribution in [0.1, 0.15) is 57.8 Å². The molecule has 2 atom stereocenters. The van der Waals surface area contributed by atoms with Crippen molar-refractivity contribution >= 4 is 0 Å². The van der Waals surface area contributed by atoms with Crippen LogP contribution in [0.5, 0.6) is 0 Å². The molecular formula is C17H29N3. The van der Waals surface area contributed by atoms with Crippen molar-refractivity contribution in [3.05, 3.63) is 29.6 Å². The van der Waals surface area contributed by atoms with Crippen LogP contribution >= 0.6 is 0 Å². The van der Waals surface area contributed by atoms with Crippen molar-refractivity contribution in [1.29, 1.82) is 0 Å². The van der Waals surface area contributed by atoms with Crippen molar-refractivity contribution in [3.63, 3.8) is 0 Å². The summed E-state index contributed by atoms with van der Waals surface area (Å²) < 4.78 is 0. The van der Waals surface area contributed by atoms with Crippen molar-refractivity contribution in [1.82, 2.24) is 15.6 Å². The number of aryl methyl sites for hydroxylation is 1. The normalized spacial score (nSPS) is 20.2. The molecule has 0 saturated heterocycles. The Morgan fingerprint density at radius 2 is 2.10 bits per heavy atom. The number of pyridine rings is 1. The summed E-state index contributed by atoms with van der Waals surface area (Å²) in [6.07, 6.45) is 5.57. The number of hydrogen-bond donors (Lipinski definition) is 2. The smallest absolute Gasteiger partial charge is 0.0605 e. The van der Waals surface area contributed by atoms with Gasteiger partial charge in [-0.05, 0) is 36.8 Å². The number of fused-ring (bicyclic) bond motifs is 1. The predicted molar refractivity (Wildman–Crippen MR) is 84.8 cm³/mol. The van der Waals surface area contributed by atoms with Crippen molar-refractivity contribution in [2.45, 2.75) is 65.1 Å². The van der Waals surface area contributed by atoms with E-state index in [2.05, 4.69) is 55.4 Å². The van der Waals surface area contributed by atoms with Crippen LogP contribution in [0.4, 0.5) is 0 Å². The van der Waals surface area contributed by atoms with E-state index in [4.69, 9.17) is 0 Å². The quantitative estimate of drug-likeness (QED) is 0.838.